The number of ether oxygens (including phenoxy) is 1. The number of alkyl halides is 3. The van der Waals surface area contributed by atoms with Crippen molar-refractivity contribution in [3.05, 3.63) is 20.7 Å². The van der Waals surface area contributed by atoms with Gasteiger partial charge in [0.1, 0.15) is 12.4 Å². The van der Waals surface area contributed by atoms with Crippen molar-refractivity contribution in [2.45, 2.75) is 12.9 Å². The molecule has 0 bridgehead atoms. The summed E-state index contributed by atoms with van der Waals surface area (Å²) in [5.74, 6) is 0. The van der Waals surface area contributed by atoms with Gasteiger partial charge in [0.25, 0.3) is 0 Å². The van der Waals surface area contributed by atoms with Gasteiger partial charge in [-0.15, -0.1) is 0 Å². The molecule has 0 atom stereocenters. The Morgan fingerprint density at radius 1 is 1.62 bits per heavy atom. The lowest BCUT2D eigenvalue weighted by Crippen LogP contribution is -2.22. The summed E-state index contributed by atoms with van der Waals surface area (Å²) in [5.41, 5.74) is -0.968. The van der Waals surface area contributed by atoms with Gasteiger partial charge in [0.05, 0.1) is 0 Å². The van der Waals surface area contributed by atoms with Crippen LogP contribution in [0.5, 0.6) is 0 Å². The van der Waals surface area contributed by atoms with Crippen LogP contribution in [0.25, 0.3) is 0 Å². The Balaban J connectivity index is 3.15. The first-order chi connectivity index (χ1) is 5.96. The minimum atomic E-state index is -4.50. The van der Waals surface area contributed by atoms with E-state index in [9.17, 15) is 18.0 Å². The fourth-order valence-electron chi connectivity index (χ4n) is 0.803. The molecule has 0 aliphatic carbocycles. The number of nitrogens with zero attached hydrogens (tertiary/aromatic N) is 1. The fraction of sp³-hybridized carbons (Fsp3) is 0.500. The highest BCUT2D eigenvalue weighted by molar-refractivity contribution is 7.07. The number of thiazole rings is 1. The van der Waals surface area contributed by atoms with Crippen molar-refractivity contribution in [3.8, 4) is 0 Å². The summed E-state index contributed by atoms with van der Waals surface area (Å²) >= 11 is 0.505. The van der Waals surface area contributed by atoms with Gasteiger partial charge in [0.2, 0.25) is 0 Å². The number of hydrogen-bond donors (Lipinski definition) is 0. The van der Waals surface area contributed by atoms with Crippen LogP contribution in [0.1, 0.15) is 5.69 Å². The number of rotatable bonds is 2. The maximum Gasteiger partial charge on any atom is 0.432 e. The summed E-state index contributed by atoms with van der Waals surface area (Å²) in [7, 11) is 1.23. The van der Waals surface area contributed by atoms with E-state index in [4.69, 9.17) is 0 Å². The molecule has 0 spiro atoms. The van der Waals surface area contributed by atoms with Crippen LogP contribution in [0, 0.1) is 0 Å². The van der Waals surface area contributed by atoms with E-state index in [2.05, 4.69) is 4.74 Å². The van der Waals surface area contributed by atoms with Gasteiger partial charge in [0.15, 0.2) is 0 Å². The molecule has 0 aromatic carbocycles. The fourth-order valence-corrected chi connectivity index (χ4v) is 1.55. The zero-order valence-corrected chi connectivity index (χ0v) is 7.41. The van der Waals surface area contributed by atoms with E-state index in [1.54, 1.807) is 0 Å². The molecule has 0 fully saturated rings. The molecule has 0 radical (unpaired) electrons. The summed E-state index contributed by atoms with van der Waals surface area (Å²) < 4.78 is 41.5. The second-order valence-corrected chi connectivity index (χ2v) is 3.05. The van der Waals surface area contributed by atoms with Gasteiger partial charge < -0.3 is 4.74 Å². The molecular formula is C6H6F3NO2S. The zero-order chi connectivity index (χ0) is 10.1. The van der Waals surface area contributed by atoms with Crippen LogP contribution < -0.4 is 4.87 Å². The number of methoxy groups -OCH3 is 1. The van der Waals surface area contributed by atoms with Crippen molar-refractivity contribution in [3.63, 3.8) is 0 Å². The monoisotopic (exact) mass is 213 g/mol. The van der Waals surface area contributed by atoms with Gasteiger partial charge in [-0.05, 0) is 0 Å². The minimum absolute atomic E-state index is 0.378. The average molecular weight is 213 g/mol. The molecule has 0 aliphatic heterocycles. The third-order valence-electron chi connectivity index (χ3n) is 1.33. The van der Waals surface area contributed by atoms with Crippen LogP contribution in [0.15, 0.2) is 10.2 Å². The Morgan fingerprint density at radius 2 is 2.23 bits per heavy atom. The van der Waals surface area contributed by atoms with E-state index in [0.717, 1.165) is 5.38 Å². The van der Waals surface area contributed by atoms with Crippen molar-refractivity contribution in [1.29, 1.82) is 0 Å². The quantitative estimate of drug-likeness (QED) is 0.746. The van der Waals surface area contributed by atoms with Gasteiger partial charge in [0, 0.05) is 12.5 Å². The SMILES string of the molecule is COCn1c(C(F)(F)F)csc1=O. The van der Waals surface area contributed by atoms with E-state index in [0.29, 0.717) is 15.9 Å². The van der Waals surface area contributed by atoms with Crippen molar-refractivity contribution >= 4 is 11.3 Å². The second kappa shape index (κ2) is 3.51. The summed E-state index contributed by atoms with van der Waals surface area (Å²) in [6.45, 7) is -0.378. The van der Waals surface area contributed by atoms with Gasteiger partial charge in [-0.3, -0.25) is 9.36 Å². The molecule has 0 aliphatic rings. The van der Waals surface area contributed by atoms with Crippen LogP contribution in [-0.2, 0) is 17.6 Å². The van der Waals surface area contributed by atoms with Crippen LogP contribution in [-0.4, -0.2) is 11.7 Å². The number of aromatic nitrogens is 1. The van der Waals surface area contributed by atoms with Crippen molar-refractivity contribution in [1.82, 2.24) is 4.57 Å². The second-order valence-electron chi connectivity index (χ2n) is 2.23. The normalized spacial score (nSPS) is 12.0. The Kier molecular flexibility index (Phi) is 2.77. The molecule has 1 heterocycles. The highest BCUT2D eigenvalue weighted by Gasteiger charge is 2.35. The standard InChI is InChI=1S/C6H6F3NO2S/c1-12-3-10-4(6(7,8)9)2-13-5(10)11/h2H,3H2,1H3. The van der Waals surface area contributed by atoms with Crippen molar-refractivity contribution in [2.24, 2.45) is 0 Å². The third kappa shape index (κ3) is 2.10. The lowest BCUT2D eigenvalue weighted by Gasteiger charge is -2.08. The molecular weight excluding hydrogens is 207 g/mol. The smallest absolute Gasteiger partial charge is 0.364 e. The van der Waals surface area contributed by atoms with Crippen LogP contribution in [0.2, 0.25) is 0 Å². The molecule has 0 saturated carbocycles. The molecule has 74 valence electrons. The lowest BCUT2D eigenvalue weighted by molar-refractivity contribution is -0.145. The molecule has 1 rings (SSSR count). The average Bonchev–Trinajstić information content (AvgIpc) is 2.32. The van der Waals surface area contributed by atoms with Gasteiger partial charge in [-0.1, -0.05) is 11.3 Å². The van der Waals surface area contributed by atoms with Crippen LogP contribution >= 0.6 is 11.3 Å². The van der Waals surface area contributed by atoms with Crippen molar-refractivity contribution in [2.75, 3.05) is 7.11 Å². The van der Waals surface area contributed by atoms with E-state index < -0.39 is 16.7 Å². The molecule has 7 heteroatoms. The van der Waals surface area contributed by atoms with E-state index in [1.807, 2.05) is 0 Å². The first kappa shape index (κ1) is 10.3. The summed E-state index contributed by atoms with van der Waals surface area (Å²) in [5, 5.41) is 0.779. The van der Waals surface area contributed by atoms with Crippen LogP contribution in [0.3, 0.4) is 0 Å². The van der Waals surface area contributed by atoms with Gasteiger partial charge in [-0.2, -0.15) is 13.2 Å². The highest BCUT2D eigenvalue weighted by atomic mass is 32.1. The number of hydrogen-bond acceptors (Lipinski definition) is 3. The molecule has 1 aromatic heterocycles. The minimum Gasteiger partial charge on any atom is -0.364 e. The molecule has 1 aromatic rings. The summed E-state index contributed by atoms with van der Waals surface area (Å²) in [6, 6.07) is 0. The van der Waals surface area contributed by atoms with Crippen molar-refractivity contribution < 1.29 is 17.9 Å². The molecule has 0 N–H and O–H groups in total. The molecule has 0 saturated heterocycles. The number of halogens is 3. The maximum absolute atomic E-state index is 12.2. The Hall–Kier alpha value is -0.820. The Morgan fingerprint density at radius 3 is 2.69 bits per heavy atom. The largest absolute Gasteiger partial charge is 0.432 e. The van der Waals surface area contributed by atoms with Crippen LogP contribution in [0.4, 0.5) is 13.2 Å². The predicted molar refractivity (Wildman–Crippen MR) is 40.6 cm³/mol. The van der Waals surface area contributed by atoms with E-state index >= 15 is 0 Å². The third-order valence-corrected chi connectivity index (χ3v) is 2.09. The molecule has 3 nitrogen and oxygen atoms in total. The molecule has 13 heavy (non-hydrogen) atoms. The van der Waals surface area contributed by atoms with Gasteiger partial charge >= 0.3 is 11.0 Å². The first-order valence-corrected chi connectivity index (χ1v) is 4.09. The van der Waals surface area contributed by atoms with E-state index in [-0.39, 0.29) is 6.73 Å². The summed E-state index contributed by atoms with van der Waals surface area (Å²) in [6.07, 6.45) is -4.50. The zero-order valence-electron chi connectivity index (χ0n) is 6.59. The molecule has 0 amide bonds. The predicted octanol–water partition coefficient (Wildman–Crippen LogP) is 1.53. The Bertz CT molecular complexity index is 340. The highest BCUT2D eigenvalue weighted by Crippen LogP contribution is 2.29. The molecule has 0 unspecified atom stereocenters. The summed E-state index contributed by atoms with van der Waals surface area (Å²) in [4.78, 5) is 10.2. The Labute approximate surface area is 75.4 Å². The van der Waals surface area contributed by atoms with Gasteiger partial charge in [-0.25, -0.2) is 0 Å². The maximum atomic E-state index is 12.2. The first-order valence-electron chi connectivity index (χ1n) is 3.21. The lowest BCUT2D eigenvalue weighted by atomic mass is 10.5. The topological polar surface area (TPSA) is 31.2 Å². The van der Waals surface area contributed by atoms with E-state index in [1.165, 1.54) is 7.11 Å².